The molecule has 16 N–H and O–H groups in total. The van der Waals surface area contributed by atoms with Crippen LogP contribution in [0.2, 0.25) is 0 Å². The molecule has 1 fully saturated rings. The van der Waals surface area contributed by atoms with Crippen molar-refractivity contribution >= 4 is 65.0 Å². The number of aliphatic carboxylic acids is 1. The quantitative estimate of drug-likeness (QED) is 0.0379. The zero-order valence-electron chi connectivity index (χ0n) is 41.5. The monoisotopic (exact) mass is 1030 g/mol. The summed E-state index contributed by atoms with van der Waals surface area (Å²) in [6.07, 6.45) is 2.10. The van der Waals surface area contributed by atoms with Crippen molar-refractivity contribution in [3.63, 3.8) is 0 Å². The Morgan fingerprint density at radius 2 is 1.14 bits per heavy atom. The number of hydrogen-bond acceptors (Lipinski definition) is 15. The molecule has 0 spiro atoms. The Kier molecular flexibility index (Phi) is 23.3. The van der Waals surface area contributed by atoms with Crippen molar-refractivity contribution in [2.24, 2.45) is 23.3 Å². The van der Waals surface area contributed by atoms with Crippen LogP contribution in [0.25, 0.3) is 0 Å². The van der Waals surface area contributed by atoms with Gasteiger partial charge in [-0.1, -0.05) is 58.0 Å². The van der Waals surface area contributed by atoms with Gasteiger partial charge in [-0.3, -0.25) is 47.9 Å². The van der Waals surface area contributed by atoms with Crippen LogP contribution in [0.15, 0.2) is 42.9 Å². The summed E-state index contributed by atoms with van der Waals surface area (Å²) in [5.74, 6) is -11.9. The molecule has 1 aromatic heterocycles. The number of amides is 10. The van der Waals surface area contributed by atoms with E-state index in [-0.39, 0.29) is 25.8 Å². The molecular weight excluding hydrogens is 959 g/mol. The number of aliphatic hydroxyl groups excluding tert-OH is 2. The number of carboxylic acids is 1. The fraction of sp³-hybridized carbons (Fsp3) is 0.565. The van der Waals surface area contributed by atoms with Crippen molar-refractivity contribution < 1.29 is 68.1 Å². The Balaban J connectivity index is 1.78. The summed E-state index contributed by atoms with van der Waals surface area (Å²) >= 11 is 0. The lowest BCUT2D eigenvalue weighted by Gasteiger charge is -2.31. The van der Waals surface area contributed by atoms with Gasteiger partial charge in [-0.25, -0.2) is 9.78 Å². The number of carboxylic acid groups (broad SMARTS) is 1. The first-order valence-corrected chi connectivity index (χ1v) is 23.6. The van der Waals surface area contributed by atoms with Crippen molar-refractivity contribution in [1.29, 1.82) is 0 Å². The van der Waals surface area contributed by atoms with E-state index >= 15 is 0 Å². The number of hydrogen-bond donors (Lipinski definition) is 14. The van der Waals surface area contributed by atoms with Crippen molar-refractivity contribution in [2.45, 2.75) is 134 Å². The first-order valence-electron chi connectivity index (χ1n) is 23.6. The molecule has 3 rings (SSSR count). The van der Waals surface area contributed by atoms with Crippen LogP contribution in [0.4, 0.5) is 0 Å². The van der Waals surface area contributed by atoms with Gasteiger partial charge in [-0.2, -0.15) is 0 Å². The molecule has 0 aliphatic carbocycles. The van der Waals surface area contributed by atoms with Gasteiger partial charge in [0.05, 0.1) is 32.0 Å². The molecule has 1 aliphatic rings. The molecule has 2 heterocycles. The molecular formula is C46H69N13O14. The molecule has 1 aromatic carbocycles. The van der Waals surface area contributed by atoms with Crippen LogP contribution < -0.4 is 54.0 Å². The van der Waals surface area contributed by atoms with Crippen LogP contribution in [0, 0.1) is 11.8 Å². The molecule has 10 amide bonds. The van der Waals surface area contributed by atoms with Gasteiger partial charge in [-0.15, -0.1) is 0 Å². The van der Waals surface area contributed by atoms with E-state index in [4.69, 9.17) is 11.5 Å². The van der Waals surface area contributed by atoms with E-state index in [2.05, 4.69) is 52.5 Å². The Bertz CT molecular complexity index is 2260. The third kappa shape index (κ3) is 18.2. The van der Waals surface area contributed by atoms with Gasteiger partial charge in [0.25, 0.3) is 0 Å². The summed E-state index contributed by atoms with van der Waals surface area (Å²) in [6.45, 7) is 7.12. The number of rotatable bonds is 28. The summed E-state index contributed by atoms with van der Waals surface area (Å²) < 4.78 is 0. The molecule has 0 saturated carbocycles. The fourth-order valence-corrected chi connectivity index (χ4v) is 7.51. The number of carbonyl (C=O) groups is 11. The number of nitrogens with one attached hydrogen (secondary N) is 9. The summed E-state index contributed by atoms with van der Waals surface area (Å²) in [6, 6.07) is -5.40. The third-order valence-electron chi connectivity index (χ3n) is 11.7. The van der Waals surface area contributed by atoms with Gasteiger partial charge < -0.3 is 79.2 Å². The minimum absolute atomic E-state index is 0.000926. The summed E-state index contributed by atoms with van der Waals surface area (Å²) in [5.41, 5.74) is 11.9. The fourth-order valence-electron chi connectivity index (χ4n) is 7.51. The minimum Gasteiger partial charge on any atom is -0.480 e. The van der Waals surface area contributed by atoms with Gasteiger partial charge >= 0.3 is 5.97 Å². The summed E-state index contributed by atoms with van der Waals surface area (Å²) in [7, 11) is 0. The van der Waals surface area contributed by atoms with E-state index in [0.717, 1.165) is 0 Å². The predicted molar refractivity (Wildman–Crippen MR) is 257 cm³/mol. The van der Waals surface area contributed by atoms with E-state index in [1.165, 1.54) is 31.3 Å². The lowest BCUT2D eigenvalue weighted by molar-refractivity contribution is -0.149. The first-order chi connectivity index (χ1) is 34.4. The highest BCUT2D eigenvalue weighted by Crippen LogP contribution is 2.20. The predicted octanol–water partition coefficient (Wildman–Crippen LogP) is -5.31. The van der Waals surface area contributed by atoms with Crippen LogP contribution in [-0.4, -0.2) is 175 Å². The lowest BCUT2D eigenvalue weighted by atomic mass is 9.98. The van der Waals surface area contributed by atoms with Crippen LogP contribution in [0.5, 0.6) is 0 Å². The Morgan fingerprint density at radius 3 is 1.64 bits per heavy atom. The number of imidazole rings is 1. The number of nitrogens with two attached hydrogens (primary N) is 2. The topological polar surface area (TPSA) is 429 Å². The molecule has 0 bridgehead atoms. The number of nitrogens with zero attached hydrogens (tertiary/aromatic N) is 2. The Morgan fingerprint density at radius 1 is 0.644 bits per heavy atom. The highest BCUT2D eigenvalue weighted by Gasteiger charge is 2.40. The largest absolute Gasteiger partial charge is 0.480 e. The molecule has 73 heavy (non-hydrogen) atoms. The molecule has 0 radical (unpaired) electrons. The molecule has 10 atom stereocenters. The average molecular weight is 1030 g/mol. The van der Waals surface area contributed by atoms with Crippen molar-refractivity contribution in [3.8, 4) is 0 Å². The normalized spacial score (nSPS) is 17.0. The SMILES string of the molecule is CC(C)[C@H](NC(=O)[C@H](CC(N)=O)NC(=O)[C@H](CO)NC(=O)[C@H](Cc1cnc[nH]1)NC(=O)[C@H](CO)NC(=O)[C@H](C)NC(=O)[C@H](C)N)C(=O)N[C@H](C(=O)N[C@@H](Cc1ccccc1)C(=O)N1CCC[C@H]1C(=O)O)C(C)C. The van der Waals surface area contributed by atoms with Crippen LogP contribution in [-0.2, 0) is 65.6 Å². The van der Waals surface area contributed by atoms with Gasteiger partial charge in [0.2, 0.25) is 59.1 Å². The first kappa shape index (κ1) is 59.8. The van der Waals surface area contributed by atoms with Crippen molar-refractivity contribution in [1.82, 2.24) is 57.4 Å². The standard InChI is InChI=1S/C46H69N13O14/c1-22(2)35(43(69)54-30(15-26-11-8-7-9-12-26)45(71)59-14-10-13-33(59)46(72)73)58-44(70)36(23(3)4)57-40(66)29(17-34(48)62)53-42(68)32(20-61)56-39(65)28(16-27-18-49-21-50-27)52-41(67)31(19-60)55-38(64)25(6)51-37(63)24(5)47/h7-9,11-12,18,21-25,28-33,35-36,60-61H,10,13-17,19-20,47H2,1-6H3,(H2,48,62)(H,49,50)(H,51,63)(H,52,67)(H,53,68)(H,54,69)(H,55,64)(H,56,65)(H,57,66)(H,58,70)(H,72,73)/t24-,25-,28-,29-,30-,31-,32-,33-,35-,36-/m0/s1. The third-order valence-corrected chi connectivity index (χ3v) is 11.7. The molecule has 27 heteroatoms. The molecule has 0 unspecified atom stereocenters. The van der Waals surface area contributed by atoms with Crippen molar-refractivity contribution in [2.75, 3.05) is 19.8 Å². The number of benzene rings is 1. The Labute approximate surface area is 420 Å². The number of aromatic amines is 1. The Hall–Kier alpha value is -7.52. The highest BCUT2D eigenvalue weighted by atomic mass is 16.4. The second-order valence-corrected chi connectivity index (χ2v) is 18.3. The molecule has 1 aliphatic heterocycles. The van der Waals surface area contributed by atoms with Gasteiger partial charge in [0, 0.05) is 31.3 Å². The lowest BCUT2D eigenvalue weighted by Crippen LogP contribution is -2.62. The van der Waals surface area contributed by atoms with E-state index in [1.54, 1.807) is 58.0 Å². The smallest absolute Gasteiger partial charge is 0.326 e. The zero-order chi connectivity index (χ0) is 54.7. The minimum atomic E-state index is -1.85. The molecule has 402 valence electrons. The molecule has 27 nitrogen and oxygen atoms in total. The van der Waals surface area contributed by atoms with E-state index in [1.807, 2.05) is 0 Å². The summed E-state index contributed by atoms with van der Waals surface area (Å²) in [5, 5.41) is 49.2. The maximum absolute atomic E-state index is 14.0. The van der Waals surface area contributed by atoms with Crippen LogP contribution in [0.3, 0.4) is 0 Å². The van der Waals surface area contributed by atoms with Crippen LogP contribution >= 0.6 is 0 Å². The van der Waals surface area contributed by atoms with Crippen molar-refractivity contribution in [3.05, 3.63) is 54.1 Å². The van der Waals surface area contributed by atoms with E-state index in [9.17, 15) is 68.1 Å². The second kappa shape index (κ2) is 28.5. The zero-order valence-corrected chi connectivity index (χ0v) is 41.5. The second-order valence-electron chi connectivity index (χ2n) is 18.3. The van der Waals surface area contributed by atoms with E-state index in [0.29, 0.717) is 17.7 Å². The van der Waals surface area contributed by atoms with Gasteiger partial charge in [-0.05, 0) is 44.1 Å². The maximum atomic E-state index is 14.0. The maximum Gasteiger partial charge on any atom is 0.326 e. The number of aliphatic hydroxyl groups is 2. The van der Waals surface area contributed by atoms with Crippen LogP contribution in [0.1, 0.15) is 72.1 Å². The number of aromatic nitrogens is 2. The summed E-state index contributed by atoms with van der Waals surface area (Å²) in [4.78, 5) is 153. The number of likely N-dealkylation sites (tertiary alicyclic amines) is 1. The van der Waals surface area contributed by atoms with Gasteiger partial charge in [0.15, 0.2) is 0 Å². The van der Waals surface area contributed by atoms with E-state index < -0.39 is 157 Å². The highest BCUT2D eigenvalue weighted by molar-refractivity contribution is 5.99. The average Bonchev–Trinajstić information content (AvgIpc) is 4.05. The molecule has 1 saturated heterocycles. The van der Waals surface area contributed by atoms with Gasteiger partial charge in [0.1, 0.15) is 54.4 Å². The molecule has 2 aromatic rings. The number of H-pyrrole nitrogens is 1. The number of primary amides is 1. The number of carbonyl (C=O) groups excluding carboxylic acids is 10.